The fraction of sp³-hybridized carbons (Fsp3) is 0.438. The zero-order valence-electron chi connectivity index (χ0n) is 13.0. The number of rotatable bonds is 3. The third kappa shape index (κ3) is 3.44. The number of hydrogen-bond donors (Lipinski definition) is 2. The molecule has 0 spiro atoms. The molecule has 0 aliphatic carbocycles. The maximum atomic E-state index is 12.2. The molecule has 122 valence electrons. The van der Waals surface area contributed by atoms with E-state index in [9.17, 15) is 9.59 Å². The molecule has 2 heterocycles. The van der Waals surface area contributed by atoms with Crippen LogP contribution in [0.5, 0.6) is 0 Å². The highest BCUT2D eigenvalue weighted by atomic mass is 16.5. The molecular formula is C16H20N4O3. The number of benzene rings is 1. The lowest BCUT2D eigenvalue weighted by atomic mass is 9.97. The lowest BCUT2D eigenvalue weighted by Gasteiger charge is -2.31. The number of amides is 2. The molecule has 7 nitrogen and oxygen atoms in total. The average Bonchev–Trinajstić information content (AvgIpc) is 3.03. The number of imidazole rings is 1. The number of nitrogens with zero attached hydrogens (tertiary/aromatic N) is 2. The van der Waals surface area contributed by atoms with Gasteiger partial charge in [-0.3, -0.25) is 4.79 Å². The molecule has 2 N–H and O–H groups in total. The number of carbonyl (C=O) groups is 2. The van der Waals surface area contributed by atoms with Gasteiger partial charge in [0.05, 0.1) is 18.1 Å². The van der Waals surface area contributed by atoms with E-state index in [2.05, 4.69) is 20.0 Å². The minimum absolute atomic E-state index is 0.0421. The summed E-state index contributed by atoms with van der Waals surface area (Å²) >= 11 is 0. The van der Waals surface area contributed by atoms with Crippen molar-refractivity contribution in [3.05, 3.63) is 30.1 Å². The Morgan fingerprint density at radius 3 is 3.04 bits per heavy atom. The van der Waals surface area contributed by atoms with Gasteiger partial charge in [0.1, 0.15) is 12.4 Å². The van der Waals surface area contributed by atoms with E-state index in [1.807, 2.05) is 24.3 Å². The second-order valence-electron chi connectivity index (χ2n) is 5.66. The number of nitrogens with one attached hydrogen (secondary N) is 2. The van der Waals surface area contributed by atoms with Gasteiger partial charge in [-0.25, -0.2) is 9.78 Å². The van der Waals surface area contributed by atoms with Crippen molar-refractivity contribution in [2.75, 3.05) is 26.7 Å². The number of carbonyl (C=O) groups excluding carboxylic acids is 2. The van der Waals surface area contributed by atoms with Crippen LogP contribution in [0.3, 0.4) is 0 Å². The summed E-state index contributed by atoms with van der Waals surface area (Å²) in [6.45, 7) is 1.28. The zero-order chi connectivity index (χ0) is 16.2. The normalized spacial score (nSPS) is 18.0. The lowest BCUT2D eigenvalue weighted by molar-refractivity contribution is -0.131. The number of alkyl carbamates (subject to hydrolysis) is 1. The Hall–Kier alpha value is -2.57. The quantitative estimate of drug-likeness (QED) is 0.901. The SMILES string of the molecule is COC(=O)NCC(=O)N1CCC[C@@H](c2nc3ccccc3[nH]2)C1. The molecular weight excluding hydrogens is 296 g/mol. The van der Waals surface area contributed by atoms with Gasteiger partial charge in [0.25, 0.3) is 0 Å². The number of para-hydroxylation sites is 2. The first kappa shape index (κ1) is 15.3. The Labute approximate surface area is 134 Å². The number of piperidine rings is 1. The van der Waals surface area contributed by atoms with E-state index in [0.29, 0.717) is 13.1 Å². The Balaban J connectivity index is 1.65. The molecule has 3 rings (SSSR count). The van der Waals surface area contributed by atoms with Crippen molar-refractivity contribution < 1.29 is 14.3 Å². The van der Waals surface area contributed by atoms with E-state index in [0.717, 1.165) is 29.7 Å². The third-order valence-corrected chi connectivity index (χ3v) is 4.14. The summed E-state index contributed by atoms with van der Waals surface area (Å²) < 4.78 is 4.48. The Kier molecular flexibility index (Phi) is 4.45. The van der Waals surface area contributed by atoms with Crippen LogP contribution >= 0.6 is 0 Å². The maximum absolute atomic E-state index is 12.2. The van der Waals surface area contributed by atoms with Crippen molar-refractivity contribution in [1.29, 1.82) is 0 Å². The lowest BCUT2D eigenvalue weighted by Crippen LogP contribution is -2.44. The molecule has 2 amide bonds. The van der Waals surface area contributed by atoms with Crippen molar-refractivity contribution in [2.24, 2.45) is 0 Å². The van der Waals surface area contributed by atoms with Gasteiger partial charge in [-0.05, 0) is 25.0 Å². The van der Waals surface area contributed by atoms with Crippen molar-refractivity contribution in [3.8, 4) is 0 Å². The van der Waals surface area contributed by atoms with Crippen LogP contribution < -0.4 is 5.32 Å². The van der Waals surface area contributed by atoms with E-state index in [-0.39, 0.29) is 18.4 Å². The van der Waals surface area contributed by atoms with E-state index in [1.54, 1.807) is 4.90 Å². The fourth-order valence-corrected chi connectivity index (χ4v) is 2.92. The molecule has 1 saturated heterocycles. The molecule has 0 saturated carbocycles. The number of aromatic amines is 1. The monoisotopic (exact) mass is 316 g/mol. The molecule has 1 atom stereocenters. The van der Waals surface area contributed by atoms with Crippen LogP contribution in [0, 0.1) is 0 Å². The van der Waals surface area contributed by atoms with E-state index in [4.69, 9.17) is 0 Å². The molecule has 7 heteroatoms. The highest BCUT2D eigenvalue weighted by Crippen LogP contribution is 2.26. The number of fused-ring (bicyclic) bond motifs is 1. The summed E-state index contributed by atoms with van der Waals surface area (Å²) in [5.74, 6) is 1.01. The smallest absolute Gasteiger partial charge is 0.407 e. The van der Waals surface area contributed by atoms with Gasteiger partial charge in [0.2, 0.25) is 5.91 Å². The van der Waals surface area contributed by atoms with Crippen LogP contribution in [0.4, 0.5) is 4.79 Å². The molecule has 23 heavy (non-hydrogen) atoms. The molecule has 1 fully saturated rings. The van der Waals surface area contributed by atoms with Crippen LogP contribution in [0.2, 0.25) is 0 Å². The summed E-state index contributed by atoms with van der Waals surface area (Å²) in [5, 5.41) is 2.43. The summed E-state index contributed by atoms with van der Waals surface area (Å²) in [6, 6.07) is 7.90. The first-order valence-electron chi connectivity index (χ1n) is 7.71. The van der Waals surface area contributed by atoms with Gasteiger partial charge >= 0.3 is 6.09 Å². The van der Waals surface area contributed by atoms with Crippen molar-refractivity contribution in [1.82, 2.24) is 20.2 Å². The number of likely N-dealkylation sites (tertiary alicyclic amines) is 1. The second-order valence-corrected chi connectivity index (χ2v) is 5.66. The highest BCUT2D eigenvalue weighted by molar-refractivity contribution is 5.82. The molecule has 1 aliphatic heterocycles. The number of hydrogen-bond acceptors (Lipinski definition) is 4. The van der Waals surface area contributed by atoms with Gasteiger partial charge in [0, 0.05) is 19.0 Å². The summed E-state index contributed by atoms with van der Waals surface area (Å²) in [6.07, 6.45) is 1.32. The van der Waals surface area contributed by atoms with Crippen LogP contribution in [0.1, 0.15) is 24.6 Å². The summed E-state index contributed by atoms with van der Waals surface area (Å²) in [5.41, 5.74) is 1.96. The first-order chi connectivity index (χ1) is 11.2. The molecule has 1 aliphatic rings. The number of ether oxygens (including phenoxy) is 1. The average molecular weight is 316 g/mol. The van der Waals surface area contributed by atoms with Gasteiger partial charge in [-0.2, -0.15) is 0 Å². The number of H-pyrrole nitrogens is 1. The van der Waals surface area contributed by atoms with E-state index < -0.39 is 6.09 Å². The fourth-order valence-electron chi connectivity index (χ4n) is 2.92. The first-order valence-corrected chi connectivity index (χ1v) is 7.71. The zero-order valence-corrected chi connectivity index (χ0v) is 13.0. The Bertz CT molecular complexity index is 679. The molecule has 2 aromatic rings. The minimum Gasteiger partial charge on any atom is -0.453 e. The van der Waals surface area contributed by atoms with Gasteiger partial charge in [0.15, 0.2) is 0 Å². The third-order valence-electron chi connectivity index (χ3n) is 4.14. The van der Waals surface area contributed by atoms with Crippen molar-refractivity contribution in [3.63, 3.8) is 0 Å². The van der Waals surface area contributed by atoms with Gasteiger partial charge in [-0.1, -0.05) is 12.1 Å². The van der Waals surface area contributed by atoms with Crippen LogP contribution in [-0.4, -0.2) is 53.6 Å². The van der Waals surface area contributed by atoms with Crippen LogP contribution in [-0.2, 0) is 9.53 Å². The highest BCUT2D eigenvalue weighted by Gasteiger charge is 2.26. The molecule has 0 radical (unpaired) electrons. The standard InChI is InChI=1S/C16H20N4O3/c1-23-16(22)17-9-14(21)20-8-4-5-11(10-20)15-18-12-6-2-3-7-13(12)19-15/h2-3,6-7,11H,4-5,8-10H2,1H3,(H,17,22)(H,18,19)/t11-/m1/s1. The van der Waals surface area contributed by atoms with Crippen molar-refractivity contribution in [2.45, 2.75) is 18.8 Å². The minimum atomic E-state index is -0.593. The van der Waals surface area contributed by atoms with Gasteiger partial charge < -0.3 is 19.9 Å². The van der Waals surface area contributed by atoms with E-state index >= 15 is 0 Å². The topological polar surface area (TPSA) is 87.3 Å². The Morgan fingerprint density at radius 2 is 2.26 bits per heavy atom. The molecule has 1 aromatic heterocycles. The number of aromatic nitrogens is 2. The predicted octanol–water partition coefficient (Wildman–Crippen LogP) is 1.62. The molecule has 0 unspecified atom stereocenters. The van der Waals surface area contributed by atoms with Crippen LogP contribution in [0.25, 0.3) is 11.0 Å². The predicted molar refractivity (Wildman–Crippen MR) is 85.1 cm³/mol. The Morgan fingerprint density at radius 1 is 1.43 bits per heavy atom. The van der Waals surface area contributed by atoms with E-state index in [1.165, 1.54) is 7.11 Å². The summed E-state index contributed by atoms with van der Waals surface area (Å²) in [7, 11) is 1.28. The van der Waals surface area contributed by atoms with Crippen LogP contribution in [0.15, 0.2) is 24.3 Å². The van der Waals surface area contributed by atoms with Crippen molar-refractivity contribution >= 4 is 23.0 Å². The summed E-state index contributed by atoms with van der Waals surface area (Å²) in [4.78, 5) is 33.0. The maximum Gasteiger partial charge on any atom is 0.407 e. The van der Waals surface area contributed by atoms with Gasteiger partial charge in [-0.15, -0.1) is 0 Å². The molecule has 1 aromatic carbocycles. The largest absolute Gasteiger partial charge is 0.453 e. The molecule has 0 bridgehead atoms. The second kappa shape index (κ2) is 6.68. The number of methoxy groups -OCH3 is 1.